The maximum Gasteiger partial charge on any atom is 0.263 e. The third-order valence-electron chi connectivity index (χ3n) is 5.24. The fraction of sp³-hybridized carbons (Fsp3) is 0.316. The number of nitrogens with zero attached hydrogens (tertiary/aromatic N) is 2. The van der Waals surface area contributed by atoms with Crippen molar-refractivity contribution in [3.8, 4) is 0 Å². The van der Waals surface area contributed by atoms with Gasteiger partial charge in [0.2, 0.25) is 5.91 Å². The number of sulfonamides is 1. The van der Waals surface area contributed by atoms with Crippen LogP contribution in [0.1, 0.15) is 40.0 Å². The zero-order chi connectivity index (χ0) is 21.6. The van der Waals surface area contributed by atoms with Gasteiger partial charge >= 0.3 is 0 Å². The number of amides is 3. The molecule has 0 bridgehead atoms. The van der Waals surface area contributed by atoms with Crippen molar-refractivity contribution in [1.29, 1.82) is 0 Å². The van der Waals surface area contributed by atoms with Crippen molar-refractivity contribution >= 4 is 56.4 Å². The number of hydrogen-bond donors (Lipinski definition) is 1. The van der Waals surface area contributed by atoms with Crippen LogP contribution in [0, 0.1) is 0 Å². The second kappa shape index (κ2) is 7.77. The highest BCUT2D eigenvalue weighted by molar-refractivity contribution is 7.91. The van der Waals surface area contributed by atoms with Gasteiger partial charge in [-0.25, -0.2) is 8.42 Å². The molecule has 30 heavy (non-hydrogen) atoms. The standard InChI is InChI=1S/C19H18ClN3O5S2/c1-22-18(25)11-5-4-6-12(16(11)19(22)26)21-17(24)13-7-2-3-10-23(13)30(27,28)15-9-8-14(20)29-15/h4-6,8-9,13H,2-3,7,10H2,1H3,(H,21,24). The summed E-state index contributed by atoms with van der Waals surface area (Å²) >= 11 is 6.84. The number of rotatable bonds is 4. The molecule has 4 rings (SSSR count). The highest BCUT2D eigenvalue weighted by Crippen LogP contribution is 2.33. The molecular weight excluding hydrogens is 450 g/mol. The van der Waals surface area contributed by atoms with Crippen molar-refractivity contribution in [2.75, 3.05) is 18.9 Å². The van der Waals surface area contributed by atoms with Gasteiger partial charge in [0.1, 0.15) is 10.3 Å². The molecule has 0 saturated carbocycles. The normalized spacial score (nSPS) is 19.8. The lowest BCUT2D eigenvalue weighted by atomic mass is 10.0. The van der Waals surface area contributed by atoms with E-state index in [1.807, 2.05) is 0 Å². The number of thiophene rings is 1. The lowest BCUT2D eigenvalue weighted by Gasteiger charge is -2.33. The number of piperidine rings is 1. The summed E-state index contributed by atoms with van der Waals surface area (Å²) in [6, 6.07) is 6.63. The predicted octanol–water partition coefficient (Wildman–Crippen LogP) is 2.81. The molecule has 1 unspecified atom stereocenters. The Morgan fingerprint density at radius 3 is 2.63 bits per heavy atom. The highest BCUT2D eigenvalue weighted by Gasteiger charge is 2.40. The number of carbonyl (C=O) groups is 3. The molecule has 3 amide bonds. The van der Waals surface area contributed by atoms with E-state index in [1.165, 1.54) is 35.6 Å². The number of fused-ring (bicyclic) bond motifs is 1. The molecule has 2 aliphatic heterocycles. The first-order valence-electron chi connectivity index (χ1n) is 9.25. The average Bonchev–Trinajstić information content (AvgIpc) is 3.27. The molecule has 1 fully saturated rings. The number of hydrogen-bond acceptors (Lipinski definition) is 6. The minimum Gasteiger partial charge on any atom is -0.324 e. The molecular formula is C19H18ClN3O5S2. The zero-order valence-electron chi connectivity index (χ0n) is 15.9. The van der Waals surface area contributed by atoms with E-state index in [-0.39, 0.29) is 27.6 Å². The van der Waals surface area contributed by atoms with Crippen LogP contribution in [-0.4, -0.2) is 55.0 Å². The Morgan fingerprint density at radius 1 is 1.17 bits per heavy atom. The van der Waals surface area contributed by atoms with Gasteiger partial charge in [-0.05, 0) is 37.1 Å². The first kappa shape index (κ1) is 21.0. The Morgan fingerprint density at radius 2 is 1.93 bits per heavy atom. The van der Waals surface area contributed by atoms with Crippen LogP contribution in [0.15, 0.2) is 34.5 Å². The van der Waals surface area contributed by atoms with Gasteiger partial charge < -0.3 is 5.32 Å². The number of halogens is 1. The molecule has 1 atom stereocenters. The Hall–Kier alpha value is -2.27. The summed E-state index contributed by atoms with van der Waals surface area (Å²) < 4.78 is 27.8. The number of imide groups is 1. The second-order valence-corrected chi connectivity index (χ2v) is 10.9. The quantitative estimate of drug-likeness (QED) is 0.696. The topological polar surface area (TPSA) is 104 Å². The van der Waals surface area contributed by atoms with Crippen LogP contribution in [0.2, 0.25) is 4.34 Å². The monoisotopic (exact) mass is 467 g/mol. The molecule has 0 aliphatic carbocycles. The van der Waals surface area contributed by atoms with Crippen LogP contribution in [0.25, 0.3) is 0 Å². The van der Waals surface area contributed by atoms with Crippen molar-refractivity contribution in [1.82, 2.24) is 9.21 Å². The summed E-state index contributed by atoms with van der Waals surface area (Å²) in [5, 5.41) is 2.67. The van der Waals surface area contributed by atoms with Crippen molar-refractivity contribution in [2.45, 2.75) is 29.5 Å². The van der Waals surface area contributed by atoms with E-state index in [9.17, 15) is 22.8 Å². The van der Waals surface area contributed by atoms with E-state index in [1.54, 1.807) is 6.07 Å². The maximum atomic E-state index is 13.1. The van der Waals surface area contributed by atoms with Gasteiger partial charge in [0.25, 0.3) is 21.8 Å². The molecule has 2 aliphatic rings. The van der Waals surface area contributed by atoms with Gasteiger partial charge in [-0.1, -0.05) is 24.1 Å². The van der Waals surface area contributed by atoms with Crippen molar-refractivity contribution in [2.24, 2.45) is 0 Å². The highest BCUT2D eigenvalue weighted by atomic mass is 35.5. The van der Waals surface area contributed by atoms with E-state index in [0.29, 0.717) is 23.6 Å². The predicted molar refractivity (Wildman–Crippen MR) is 112 cm³/mol. The van der Waals surface area contributed by atoms with Gasteiger partial charge in [0.15, 0.2) is 0 Å². The fourth-order valence-electron chi connectivity index (χ4n) is 3.73. The summed E-state index contributed by atoms with van der Waals surface area (Å²) in [6.45, 7) is 0.211. The second-order valence-electron chi connectivity index (χ2n) is 7.07. The molecule has 1 aromatic carbocycles. The molecule has 11 heteroatoms. The number of carbonyl (C=O) groups excluding carboxylic acids is 3. The van der Waals surface area contributed by atoms with E-state index in [2.05, 4.69) is 5.32 Å². The zero-order valence-corrected chi connectivity index (χ0v) is 18.3. The number of anilines is 1. The molecule has 0 radical (unpaired) electrons. The van der Waals surface area contributed by atoms with Crippen molar-refractivity contribution in [3.05, 3.63) is 45.8 Å². The fourth-order valence-corrected chi connectivity index (χ4v) is 7.00. The third-order valence-corrected chi connectivity index (χ3v) is 8.85. The summed E-state index contributed by atoms with van der Waals surface area (Å²) in [5.41, 5.74) is 0.526. The maximum absolute atomic E-state index is 13.1. The minimum absolute atomic E-state index is 0.0789. The van der Waals surface area contributed by atoms with Crippen LogP contribution in [0.4, 0.5) is 5.69 Å². The first-order chi connectivity index (χ1) is 14.2. The molecule has 8 nitrogen and oxygen atoms in total. The van der Waals surface area contributed by atoms with Crippen molar-refractivity contribution in [3.63, 3.8) is 0 Å². The van der Waals surface area contributed by atoms with E-state index < -0.39 is 33.8 Å². The summed E-state index contributed by atoms with van der Waals surface area (Å²) in [7, 11) is -2.52. The number of nitrogens with one attached hydrogen (secondary N) is 1. The number of benzene rings is 1. The van der Waals surface area contributed by atoms with Crippen molar-refractivity contribution < 1.29 is 22.8 Å². The summed E-state index contributed by atoms with van der Waals surface area (Å²) in [4.78, 5) is 38.7. The van der Waals surface area contributed by atoms with Gasteiger partial charge in [-0.2, -0.15) is 4.31 Å². The Balaban J connectivity index is 1.64. The Bertz CT molecular complexity index is 1160. The van der Waals surface area contributed by atoms with Crippen LogP contribution in [-0.2, 0) is 14.8 Å². The van der Waals surface area contributed by atoms with E-state index in [0.717, 1.165) is 16.2 Å². The van der Waals surface area contributed by atoms with Crippen LogP contribution in [0.3, 0.4) is 0 Å². The molecule has 3 heterocycles. The van der Waals surface area contributed by atoms with Gasteiger partial charge in [-0.15, -0.1) is 11.3 Å². The minimum atomic E-state index is -3.89. The molecule has 1 saturated heterocycles. The molecule has 1 N–H and O–H groups in total. The van der Waals surface area contributed by atoms with E-state index >= 15 is 0 Å². The van der Waals surface area contributed by atoms with Crippen LogP contribution >= 0.6 is 22.9 Å². The largest absolute Gasteiger partial charge is 0.324 e. The van der Waals surface area contributed by atoms with Crippen LogP contribution < -0.4 is 5.32 Å². The smallest absolute Gasteiger partial charge is 0.263 e. The van der Waals surface area contributed by atoms with Crippen LogP contribution in [0.5, 0.6) is 0 Å². The van der Waals surface area contributed by atoms with Gasteiger partial charge in [0.05, 0.1) is 21.2 Å². The summed E-state index contributed by atoms with van der Waals surface area (Å²) in [6.07, 6.45) is 1.69. The lowest BCUT2D eigenvalue weighted by Crippen LogP contribution is -2.49. The SMILES string of the molecule is CN1C(=O)c2cccc(NC(=O)C3CCCCN3S(=O)(=O)c3ccc(Cl)s3)c2C1=O. The van der Waals surface area contributed by atoms with Gasteiger partial charge in [-0.3, -0.25) is 19.3 Å². The Kier molecular flexibility index (Phi) is 5.43. The van der Waals surface area contributed by atoms with Gasteiger partial charge in [0, 0.05) is 13.6 Å². The summed E-state index contributed by atoms with van der Waals surface area (Å²) in [5.74, 6) is -1.49. The average molecular weight is 468 g/mol. The lowest BCUT2D eigenvalue weighted by molar-refractivity contribution is -0.120. The molecule has 2 aromatic rings. The molecule has 158 valence electrons. The molecule has 1 aromatic heterocycles. The first-order valence-corrected chi connectivity index (χ1v) is 11.9. The third kappa shape index (κ3) is 3.43. The van der Waals surface area contributed by atoms with E-state index in [4.69, 9.17) is 11.6 Å². The molecule has 0 spiro atoms. The Labute approximate surface area is 182 Å².